The summed E-state index contributed by atoms with van der Waals surface area (Å²) in [5.41, 5.74) is 6.13. The summed E-state index contributed by atoms with van der Waals surface area (Å²) in [6.45, 7) is 5.57. The zero-order chi connectivity index (χ0) is 11.4. The summed E-state index contributed by atoms with van der Waals surface area (Å²) in [5.74, 6) is 0.640. The number of carbonyl (C=O) groups is 1. The van der Waals surface area contributed by atoms with Crippen molar-refractivity contribution in [2.45, 2.75) is 32.9 Å². The summed E-state index contributed by atoms with van der Waals surface area (Å²) in [4.78, 5) is 11.6. The average Bonchev–Trinajstić information content (AvgIpc) is 2.16. The molecule has 15 heavy (non-hydrogen) atoms. The second kappa shape index (κ2) is 4.94. The SMILES string of the molecule is CC(C)Oc1cccc(C(=O)C(C)N)c1. The number of nitrogens with two attached hydrogens (primary N) is 1. The average molecular weight is 207 g/mol. The summed E-state index contributed by atoms with van der Waals surface area (Å²) in [6.07, 6.45) is 0.102. The van der Waals surface area contributed by atoms with E-state index in [2.05, 4.69) is 0 Å². The molecule has 1 aromatic rings. The molecule has 3 heteroatoms. The highest BCUT2D eigenvalue weighted by molar-refractivity contribution is 5.99. The molecule has 0 spiro atoms. The molecular weight excluding hydrogens is 190 g/mol. The first-order chi connectivity index (χ1) is 7.00. The minimum absolute atomic E-state index is 0.0655. The third-order valence-electron chi connectivity index (χ3n) is 1.90. The Labute approximate surface area is 90.2 Å². The molecule has 1 aromatic carbocycles. The van der Waals surface area contributed by atoms with E-state index in [9.17, 15) is 4.79 Å². The van der Waals surface area contributed by atoms with Crippen LogP contribution in [0, 0.1) is 0 Å². The van der Waals surface area contributed by atoms with Crippen LogP contribution < -0.4 is 10.5 Å². The monoisotopic (exact) mass is 207 g/mol. The van der Waals surface area contributed by atoms with E-state index < -0.39 is 6.04 Å². The molecule has 0 amide bonds. The number of ether oxygens (including phenoxy) is 1. The Bertz CT molecular complexity index is 345. The van der Waals surface area contributed by atoms with Crippen LogP contribution in [0.3, 0.4) is 0 Å². The van der Waals surface area contributed by atoms with Crippen LogP contribution in [-0.2, 0) is 0 Å². The molecule has 0 aliphatic rings. The van der Waals surface area contributed by atoms with Crippen molar-refractivity contribution in [2.75, 3.05) is 0 Å². The van der Waals surface area contributed by atoms with E-state index in [0.29, 0.717) is 11.3 Å². The summed E-state index contributed by atoms with van der Waals surface area (Å²) in [5, 5.41) is 0. The number of Topliss-reactive ketones (excluding diaryl/α,β-unsaturated/α-hetero) is 1. The Kier molecular flexibility index (Phi) is 3.86. The van der Waals surface area contributed by atoms with E-state index in [1.54, 1.807) is 25.1 Å². The van der Waals surface area contributed by atoms with E-state index in [1.165, 1.54) is 0 Å². The molecule has 0 aromatic heterocycles. The first-order valence-electron chi connectivity index (χ1n) is 5.07. The van der Waals surface area contributed by atoms with Gasteiger partial charge < -0.3 is 10.5 Å². The van der Waals surface area contributed by atoms with Gasteiger partial charge in [0.15, 0.2) is 5.78 Å². The van der Waals surface area contributed by atoms with Gasteiger partial charge in [-0.15, -0.1) is 0 Å². The first kappa shape index (κ1) is 11.7. The summed E-state index contributed by atoms with van der Waals surface area (Å²) in [7, 11) is 0. The Morgan fingerprint density at radius 3 is 2.53 bits per heavy atom. The molecule has 1 rings (SSSR count). The fraction of sp³-hybridized carbons (Fsp3) is 0.417. The van der Waals surface area contributed by atoms with Crippen molar-refractivity contribution in [3.05, 3.63) is 29.8 Å². The highest BCUT2D eigenvalue weighted by atomic mass is 16.5. The summed E-state index contributed by atoms with van der Waals surface area (Å²) >= 11 is 0. The van der Waals surface area contributed by atoms with Crippen molar-refractivity contribution < 1.29 is 9.53 Å². The summed E-state index contributed by atoms with van der Waals surface area (Å²) in [6, 6.07) is 6.63. The lowest BCUT2D eigenvalue weighted by Gasteiger charge is -2.11. The number of hydrogen-bond acceptors (Lipinski definition) is 3. The van der Waals surface area contributed by atoms with Gasteiger partial charge in [-0.3, -0.25) is 4.79 Å². The van der Waals surface area contributed by atoms with Gasteiger partial charge in [-0.2, -0.15) is 0 Å². The van der Waals surface area contributed by atoms with E-state index in [4.69, 9.17) is 10.5 Å². The van der Waals surface area contributed by atoms with Gasteiger partial charge in [-0.25, -0.2) is 0 Å². The maximum atomic E-state index is 11.6. The van der Waals surface area contributed by atoms with E-state index in [-0.39, 0.29) is 11.9 Å². The lowest BCUT2D eigenvalue weighted by atomic mass is 10.1. The predicted molar refractivity (Wildman–Crippen MR) is 60.2 cm³/mol. The standard InChI is InChI=1S/C12H17NO2/c1-8(2)15-11-6-4-5-10(7-11)12(14)9(3)13/h4-9H,13H2,1-3H3. The van der Waals surface area contributed by atoms with Crippen LogP contribution in [-0.4, -0.2) is 17.9 Å². The molecule has 0 bridgehead atoms. The van der Waals surface area contributed by atoms with Crippen molar-refractivity contribution in [1.82, 2.24) is 0 Å². The summed E-state index contributed by atoms with van der Waals surface area (Å²) < 4.78 is 5.49. The highest BCUT2D eigenvalue weighted by Gasteiger charge is 2.11. The quantitative estimate of drug-likeness (QED) is 0.768. The number of hydrogen-bond donors (Lipinski definition) is 1. The van der Waals surface area contributed by atoms with Crippen LogP contribution in [0.1, 0.15) is 31.1 Å². The van der Waals surface area contributed by atoms with Crippen molar-refractivity contribution in [3.63, 3.8) is 0 Å². The molecule has 2 N–H and O–H groups in total. The van der Waals surface area contributed by atoms with Gasteiger partial charge in [0.25, 0.3) is 0 Å². The molecule has 0 saturated carbocycles. The predicted octanol–water partition coefficient (Wildman–Crippen LogP) is 2.00. The van der Waals surface area contributed by atoms with Gasteiger partial charge in [-0.1, -0.05) is 12.1 Å². The van der Waals surface area contributed by atoms with Crippen molar-refractivity contribution in [3.8, 4) is 5.75 Å². The molecule has 1 unspecified atom stereocenters. The highest BCUT2D eigenvalue weighted by Crippen LogP contribution is 2.15. The Hall–Kier alpha value is -1.35. The minimum atomic E-state index is -0.473. The van der Waals surface area contributed by atoms with Crippen molar-refractivity contribution in [1.29, 1.82) is 0 Å². The Balaban J connectivity index is 2.87. The molecule has 0 heterocycles. The second-order valence-corrected chi connectivity index (χ2v) is 3.85. The lowest BCUT2D eigenvalue weighted by Crippen LogP contribution is -2.26. The third kappa shape index (κ3) is 3.36. The molecular formula is C12H17NO2. The zero-order valence-electron chi connectivity index (χ0n) is 9.36. The molecule has 3 nitrogen and oxygen atoms in total. The smallest absolute Gasteiger partial charge is 0.179 e. The topological polar surface area (TPSA) is 52.3 Å². The molecule has 82 valence electrons. The first-order valence-corrected chi connectivity index (χ1v) is 5.07. The van der Waals surface area contributed by atoms with Gasteiger partial charge in [0.1, 0.15) is 5.75 Å². The largest absolute Gasteiger partial charge is 0.491 e. The number of carbonyl (C=O) groups excluding carboxylic acids is 1. The van der Waals surface area contributed by atoms with Crippen LogP contribution in [0.15, 0.2) is 24.3 Å². The third-order valence-corrected chi connectivity index (χ3v) is 1.90. The van der Waals surface area contributed by atoms with Crippen LogP contribution in [0.5, 0.6) is 5.75 Å². The Morgan fingerprint density at radius 1 is 1.33 bits per heavy atom. The van der Waals surface area contributed by atoms with Crippen LogP contribution in [0.2, 0.25) is 0 Å². The van der Waals surface area contributed by atoms with Gasteiger partial charge in [0.05, 0.1) is 12.1 Å². The van der Waals surface area contributed by atoms with Gasteiger partial charge in [0, 0.05) is 5.56 Å². The maximum Gasteiger partial charge on any atom is 0.179 e. The minimum Gasteiger partial charge on any atom is -0.491 e. The van der Waals surface area contributed by atoms with E-state index >= 15 is 0 Å². The molecule has 0 radical (unpaired) electrons. The second-order valence-electron chi connectivity index (χ2n) is 3.85. The molecule has 0 aliphatic heterocycles. The van der Waals surface area contributed by atoms with Gasteiger partial charge in [-0.05, 0) is 32.9 Å². The normalized spacial score (nSPS) is 12.6. The lowest BCUT2D eigenvalue weighted by molar-refractivity contribution is 0.0967. The van der Waals surface area contributed by atoms with Crippen LogP contribution >= 0.6 is 0 Å². The molecule has 0 fully saturated rings. The van der Waals surface area contributed by atoms with E-state index in [1.807, 2.05) is 19.9 Å². The molecule has 0 aliphatic carbocycles. The Morgan fingerprint density at radius 2 is 2.00 bits per heavy atom. The fourth-order valence-corrected chi connectivity index (χ4v) is 1.26. The fourth-order valence-electron chi connectivity index (χ4n) is 1.26. The van der Waals surface area contributed by atoms with Gasteiger partial charge >= 0.3 is 0 Å². The van der Waals surface area contributed by atoms with E-state index in [0.717, 1.165) is 0 Å². The number of rotatable bonds is 4. The van der Waals surface area contributed by atoms with Crippen LogP contribution in [0.25, 0.3) is 0 Å². The molecule has 1 atom stereocenters. The maximum absolute atomic E-state index is 11.6. The zero-order valence-corrected chi connectivity index (χ0v) is 9.36. The number of ketones is 1. The van der Waals surface area contributed by atoms with Crippen LogP contribution in [0.4, 0.5) is 0 Å². The van der Waals surface area contributed by atoms with Gasteiger partial charge in [0.2, 0.25) is 0 Å². The van der Waals surface area contributed by atoms with Crippen molar-refractivity contribution >= 4 is 5.78 Å². The molecule has 0 saturated heterocycles. The van der Waals surface area contributed by atoms with Crippen molar-refractivity contribution in [2.24, 2.45) is 5.73 Å². The number of benzene rings is 1.